The van der Waals surface area contributed by atoms with E-state index in [4.69, 9.17) is 4.11 Å². The van der Waals surface area contributed by atoms with Crippen LogP contribution in [0.15, 0.2) is 10.7 Å². The van der Waals surface area contributed by atoms with Gasteiger partial charge in [0.1, 0.15) is 10.3 Å². The summed E-state index contributed by atoms with van der Waals surface area (Å²) in [4.78, 5) is 11.1. The summed E-state index contributed by atoms with van der Waals surface area (Å²) < 4.78 is 26.6. The van der Waals surface area contributed by atoms with Gasteiger partial charge in [0.15, 0.2) is 0 Å². The molecule has 0 aliphatic carbocycles. The first-order chi connectivity index (χ1) is 6.36. The summed E-state index contributed by atoms with van der Waals surface area (Å²) in [5, 5.41) is 3.62. The van der Waals surface area contributed by atoms with Crippen LogP contribution in [0.4, 0.5) is 0 Å². The second-order valence-electron chi connectivity index (χ2n) is 1.76. The number of carbonyl (C=O) groups excluding carboxylic acids is 1. The molecular formula is C6H7BrN2O2. The van der Waals surface area contributed by atoms with E-state index in [-0.39, 0.29) is 10.3 Å². The first-order valence-electron chi connectivity index (χ1n) is 4.20. The van der Waals surface area contributed by atoms with Gasteiger partial charge in [-0.2, -0.15) is 5.10 Å². The van der Waals surface area contributed by atoms with Crippen molar-refractivity contribution >= 4 is 21.9 Å². The van der Waals surface area contributed by atoms with Gasteiger partial charge in [0.25, 0.3) is 0 Å². The number of halogens is 1. The Morgan fingerprint density at radius 3 is 3.27 bits per heavy atom. The van der Waals surface area contributed by atoms with Crippen LogP contribution in [0.2, 0.25) is 0 Å². The number of rotatable bonds is 1. The highest BCUT2D eigenvalue weighted by Gasteiger charge is 2.11. The maximum absolute atomic E-state index is 11.1. The monoisotopic (exact) mass is 221 g/mol. The molecule has 1 heterocycles. The molecule has 0 saturated heterocycles. The maximum Gasteiger partial charge on any atom is 0.356 e. The summed E-state index contributed by atoms with van der Waals surface area (Å²) in [6.45, 7) is -2.49. The normalized spacial score (nSPS) is 14.9. The minimum atomic E-state index is -2.49. The average molecular weight is 222 g/mol. The predicted molar refractivity (Wildman–Crippen MR) is 42.2 cm³/mol. The van der Waals surface area contributed by atoms with Crippen LogP contribution in [0.3, 0.4) is 0 Å². The molecule has 11 heavy (non-hydrogen) atoms. The molecule has 0 saturated carbocycles. The molecule has 0 atom stereocenters. The smallest absolute Gasteiger partial charge is 0.356 e. The van der Waals surface area contributed by atoms with Gasteiger partial charge in [-0.25, -0.2) is 4.79 Å². The lowest BCUT2D eigenvalue weighted by molar-refractivity contribution is 0.0588. The Hall–Kier alpha value is -0.840. The first-order valence-corrected chi connectivity index (χ1v) is 3.50. The molecule has 1 rings (SSSR count). The standard InChI is InChI=1S/C6H7BrN2O2/c1-9-4(6(10)11-2)3-5(7)8-9/h3H,1-2H3/i1D3. The minimum absolute atomic E-state index is 0.112. The highest BCUT2D eigenvalue weighted by atomic mass is 79.9. The lowest BCUT2D eigenvalue weighted by Gasteiger charge is -1.96. The molecule has 0 aromatic carbocycles. The molecule has 0 amide bonds. The first kappa shape index (κ1) is 4.92. The average Bonchev–Trinajstić information content (AvgIpc) is 2.45. The van der Waals surface area contributed by atoms with Crippen molar-refractivity contribution in [2.24, 2.45) is 6.98 Å². The number of hydrogen-bond donors (Lipinski definition) is 0. The molecule has 0 radical (unpaired) electrons. The van der Waals surface area contributed by atoms with Crippen LogP contribution in [0, 0.1) is 0 Å². The Labute approximate surface area is 76.5 Å². The fraction of sp³-hybridized carbons (Fsp3) is 0.333. The second kappa shape index (κ2) is 3.04. The van der Waals surface area contributed by atoms with Gasteiger partial charge in [-0.1, -0.05) is 0 Å². The number of carbonyl (C=O) groups is 1. The number of aryl methyl sites for hydroxylation is 1. The summed E-state index contributed by atoms with van der Waals surface area (Å²) in [5.74, 6) is -0.737. The topological polar surface area (TPSA) is 44.1 Å². The molecule has 0 unspecified atom stereocenters. The van der Waals surface area contributed by atoms with Crippen molar-refractivity contribution in [1.82, 2.24) is 9.78 Å². The van der Waals surface area contributed by atoms with Crippen molar-refractivity contribution in [3.63, 3.8) is 0 Å². The third kappa shape index (κ3) is 1.59. The third-order valence-electron chi connectivity index (χ3n) is 1.07. The lowest BCUT2D eigenvalue weighted by Crippen LogP contribution is -2.07. The molecule has 0 bridgehead atoms. The summed E-state index contributed by atoms with van der Waals surface area (Å²) in [5.41, 5.74) is -0.112. The van der Waals surface area contributed by atoms with Crippen LogP contribution in [-0.2, 0) is 11.7 Å². The van der Waals surface area contributed by atoms with E-state index in [1.54, 1.807) is 0 Å². The van der Waals surface area contributed by atoms with Gasteiger partial charge in [0, 0.05) is 17.2 Å². The van der Waals surface area contributed by atoms with E-state index in [1.165, 1.54) is 13.2 Å². The van der Waals surface area contributed by atoms with Gasteiger partial charge in [-0.15, -0.1) is 0 Å². The molecule has 60 valence electrons. The molecule has 4 nitrogen and oxygen atoms in total. The van der Waals surface area contributed by atoms with Crippen molar-refractivity contribution in [3.8, 4) is 0 Å². The Morgan fingerprint density at radius 1 is 2.00 bits per heavy atom. The molecular weight excluding hydrogens is 212 g/mol. The third-order valence-corrected chi connectivity index (χ3v) is 1.46. The Bertz CT molecular complexity index is 360. The van der Waals surface area contributed by atoms with Gasteiger partial charge < -0.3 is 4.74 Å². The van der Waals surface area contributed by atoms with E-state index in [9.17, 15) is 4.79 Å². The molecule has 0 N–H and O–H groups in total. The highest BCUT2D eigenvalue weighted by Crippen LogP contribution is 2.09. The molecule has 0 spiro atoms. The second-order valence-corrected chi connectivity index (χ2v) is 2.57. The van der Waals surface area contributed by atoms with E-state index in [1.807, 2.05) is 0 Å². The number of aromatic nitrogens is 2. The molecule has 5 heteroatoms. The molecule has 0 aliphatic heterocycles. The van der Waals surface area contributed by atoms with Crippen LogP contribution < -0.4 is 0 Å². The lowest BCUT2D eigenvalue weighted by atomic mass is 10.4. The van der Waals surface area contributed by atoms with E-state index in [0.717, 1.165) is 0 Å². The van der Waals surface area contributed by atoms with Crippen LogP contribution in [-0.4, -0.2) is 22.9 Å². The van der Waals surface area contributed by atoms with Crippen molar-refractivity contribution < 1.29 is 13.6 Å². The fourth-order valence-electron chi connectivity index (χ4n) is 0.602. The number of esters is 1. The van der Waals surface area contributed by atoms with Crippen molar-refractivity contribution in [3.05, 3.63) is 16.4 Å². The van der Waals surface area contributed by atoms with Crippen LogP contribution in [0.1, 0.15) is 14.6 Å². The summed E-state index contributed by atoms with van der Waals surface area (Å²) in [7, 11) is 1.17. The van der Waals surface area contributed by atoms with Crippen molar-refractivity contribution in [2.75, 3.05) is 7.11 Å². The number of methoxy groups -OCH3 is 1. The minimum Gasteiger partial charge on any atom is -0.464 e. The predicted octanol–water partition coefficient (Wildman–Crippen LogP) is 0.969. The zero-order valence-electron chi connectivity index (χ0n) is 8.67. The summed E-state index contributed by atoms with van der Waals surface area (Å²) in [6, 6.07) is 1.29. The van der Waals surface area contributed by atoms with Gasteiger partial charge in [-0.05, 0) is 15.9 Å². The fourth-order valence-corrected chi connectivity index (χ4v) is 0.978. The Kier molecular flexibility index (Phi) is 1.36. The zero-order chi connectivity index (χ0) is 10.9. The Morgan fingerprint density at radius 2 is 2.73 bits per heavy atom. The van der Waals surface area contributed by atoms with Crippen molar-refractivity contribution in [2.45, 2.75) is 0 Å². The van der Waals surface area contributed by atoms with Crippen molar-refractivity contribution in [1.29, 1.82) is 0 Å². The largest absolute Gasteiger partial charge is 0.464 e. The van der Waals surface area contributed by atoms with E-state index < -0.39 is 12.9 Å². The van der Waals surface area contributed by atoms with E-state index >= 15 is 0 Å². The van der Waals surface area contributed by atoms with Crippen LogP contribution in [0.25, 0.3) is 0 Å². The summed E-state index contributed by atoms with van der Waals surface area (Å²) in [6.07, 6.45) is 0. The number of ether oxygens (including phenoxy) is 1. The quantitative estimate of drug-likeness (QED) is 0.665. The van der Waals surface area contributed by atoms with Crippen LogP contribution in [0.5, 0.6) is 0 Å². The van der Waals surface area contributed by atoms with E-state index in [0.29, 0.717) is 4.68 Å². The number of hydrogen-bond acceptors (Lipinski definition) is 3. The molecule has 1 aromatic heterocycles. The van der Waals surface area contributed by atoms with Crippen LogP contribution >= 0.6 is 15.9 Å². The van der Waals surface area contributed by atoms with Gasteiger partial charge >= 0.3 is 5.97 Å². The van der Waals surface area contributed by atoms with Gasteiger partial charge in [0.2, 0.25) is 0 Å². The Balaban J connectivity index is 3.23. The summed E-state index contributed by atoms with van der Waals surface area (Å²) >= 11 is 2.98. The molecule has 0 aliphatic rings. The van der Waals surface area contributed by atoms with Gasteiger partial charge in [-0.3, -0.25) is 4.68 Å². The SMILES string of the molecule is [2H]C([2H])([2H])n1nc(Br)cc1C(=O)OC. The molecule has 1 aromatic rings. The van der Waals surface area contributed by atoms with Gasteiger partial charge in [0.05, 0.1) is 7.11 Å². The highest BCUT2D eigenvalue weighted by molar-refractivity contribution is 9.10. The zero-order valence-corrected chi connectivity index (χ0v) is 7.25. The molecule has 0 fully saturated rings. The number of nitrogens with zero attached hydrogens (tertiary/aromatic N) is 2. The van der Waals surface area contributed by atoms with E-state index in [2.05, 4.69) is 25.8 Å². The maximum atomic E-state index is 11.1.